The average Bonchev–Trinajstić information content (AvgIpc) is 2.70. The second-order valence-corrected chi connectivity index (χ2v) is 8.92. The molecule has 1 aliphatic rings. The topological polar surface area (TPSA) is 78.5 Å². The number of carbonyl (C=O) groups is 3. The van der Waals surface area contributed by atoms with Gasteiger partial charge in [-0.2, -0.15) is 0 Å². The quantitative estimate of drug-likeness (QED) is 0.680. The van der Waals surface area contributed by atoms with Crippen molar-refractivity contribution >= 4 is 17.7 Å². The molecule has 1 saturated heterocycles. The number of benzene rings is 1. The van der Waals surface area contributed by atoms with Crippen molar-refractivity contribution in [3.05, 3.63) is 35.6 Å². The zero-order valence-electron chi connectivity index (χ0n) is 18.4. The Kier molecular flexibility index (Phi) is 8.81. The molecule has 6 nitrogen and oxygen atoms in total. The highest BCUT2D eigenvalue weighted by Crippen LogP contribution is 2.23. The van der Waals surface area contributed by atoms with E-state index in [1.165, 1.54) is 24.3 Å². The number of hydrogen-bond donors (Lipinski definition) is 2. The molecular weight excluding hydrogens is 385 g/mol. The molecule has 0 saturated carbocycles. The lowest BCUT2D eigenvalue weighted by atomic mass is 9.88. The minimum absolute atomic E-state index is 0.0365. The van der Waals surface area contributed by atoms with Crippen LogP contribution in [0.3, 0.4) is 0 Å². The molecule has 1 aromatic rings. The molecule has 166 valence electrons. The first-order valence-corrected chi connectivity index (χ1v) is 10.8. The molecule has 0 spiro atoms. The first kappa shape index (κ1) is 23.8. The van der Waals surface area contributed by atoms with E-state index in [9.17, 15) is 18.8 Å². The van der Waals surface area contributed by atoms with Crippen molar-refractivity contribution in [1.82, 2.24) is 15.5 Å². The fraction of sp³-hybridized carbons (Fsp3) is 0.609. The smallest absolute Gasteiger partial charge is 0.253 e. The SMILES string of the molecule is CC(C)CNC(=O)C(NC(=O)CC(C)C)C1CCN(C(=O)c2ccc(F)cc2)CC1. The van der Waals surface area contributed by atoms with Crippen LogP contribution in [0.25, 0.3) is 0 Å². The van der Waals surface area contributed by atoms with Gasteiger partial charge in [0.1, 0.15) is 11.9 Å². The Morgan fingerprint density at radius 3 is 2.17 bits per heavy atom. The summed E-state index contributed by atoms with van der Waals surface area (Å²) in [4.78, 5) is 39.5. The summed E-state index contributed by atoms with van der Waals surface area (Å²) in [5, 5.41) is 5.86. The molecule has 1 heterocycles. The van der Waals surface area contributed by atoms with E-state index in [0.29, 0.717) is 50.4 Å². The van der Waals surface area contributed by atoms with Gasteiger partial charge in [0.15, 0.2) is 0 Å². The van der Waals surface area contributed by atoms with E-state index in [1.54, 1.807) is 4.90 Å². The van der Waals surface area contributed by atoms with E-state index in [2.05, 4.69) is 10.6 Å². The number of nitrogens with one attached hydrogen (secondary N) is 2. The van der Waals surface area contributed by atoms with Crippen molar-refractivity contribution in [2.45, 2.75) is 53.0 Å². The Morgan fingerprint density at radius 2 is 1.63 bits per heavy atom. The molecule has 30 heavy (non-hydrogen) atoms. The highest BCUT2D eigenvalue weighted by molar-refractivity contribution is 5.94. The summed E-state index contributed by atoms with van der Waals surface area (Å²) in [7, 11) is 0. The zero-order valence-corrected chi connectivity index (χ0v) is 18.4. The molecule has 1 atom stereocenters. The van der Waals surface area contributed by atoms with Gasteiger partial charge in [-0.1, -0.05) is 27.7 Å². The highest BCUT2D eigenvalue weighted by atomic mass is 19.1. The largest absolute Gasteiger partial charge is 0.354 e. The van der Waals surface area contributed by atoms with Gasteiger partial charge in [-0.25, -0.2) is 4.39 Å². The van der Waals surface area contributed by atoms with Gasteiger partial charge in [0.2, 0.25) is 11.8 Å². The minimum Gasteiger partial charge on any atom is -0.354 e. The molecule has 0 radical (unpaired) electrons. The van der Waals surface area contributed by atoms with Gasteiger partial charge < -0.3 is 15.5 Å². The van der Waals surface area contributed by atoms with Gasteiger partial charge in [0, 0.05) is 31.6 Å². The second-order valence-electron chi connectivity index (χ2n) is 8.92. The van der Waals surface area contributed by atoms with Crippen molar-refractivity contribution in [3.8, 4) is 0 Å². The van der Waals surface area contributed by atoms with Crippen LogP contribution in [0.15, 0.2) is 24.3 Å². The van der Waals surface area contributed by atoms with Gasteiger partial charge in [-0.05, 0) is 54.9 Å². The Morgan fingerprint density at radius 1 is 1.03 bits per heavy atom. The summed E-state index contributed by atoms with van der Waals surface area (Å²) < 4.78 is 13.1. The normalized spacial score (nSPS) is 15.9. The molecule has 7 heteroatoms. The number of likely N-dealkylation sites (tertiary alicyclic amines) is 1. The van der Waals surface area contributed by atoms with Crippen molar-refractivity contribution in [2.75, 3.05) is 19.6 Å². The minimum atomic E-state index is -0.599. The van der Waals surface area contributed by atoms with Crippen molar-refractivity contribution in [3.63, 3.8) is 0 Å². The van der Waals surface area contributed by atoms with Crippen LogP contribution >= 0.6 is 0 Å². The molecule has 1 aliphatic heterocycles. The average molecular weight is 420 g/mol. The van der Waals surface area contributed by atoms with E-state index in [1.807, 2.05) is 27.7 Å². The lowest BCUT2D eigenvalue weighted by molar-refractivity contribution is -0.131. The van der Waals surface area contributed by atoms with Crippen LogP contribution in [0.5, 0.6) is 0 Å². The molecule has 1 aromatic carbocycles. The fourth-order valence-corrected chi connectivity index (χ4v) is 3.63. The molecule has 3 amide bonds. The van der Waals surface area contributed by atoms with E-state index in [-0.39, 0.29) is 35.4 Å². The van der Waals surface area contributed by atoms with E-state index in [4.69, 9.17) is 0 Å². The van der Waals surface area contributed by atoms with Crippen LogP contribution in [-0.2, 0) is 9.59 Å². The van der Waals surface area contributed by atoms with Gasteiger partial charge in [-0.3, -0.25) is 14.4 Å². The number of hydrogen-bond acceptors (Lipinski definition) is 3. The predicted molar refractivity (Wildman–Crippen MR) is 114 cm³/mol. The van der Waals surface area contributed by atoms with Crippen LogP contribution in [0.1, 0.15) is 57.3 Å². The maximum Gasteiger partial charge on any atom is 0.253 e. The number of amides is 3. The Hall–Kier alpha value is -2.44. The van der Waals surface area contributed by atoms with Crippen LogP contribution < -0.4 is 10.6 Å². The summed E-state index contributed by atoms with van der Waals surface area (Å²) in [6.45, 7) is 9.51. The number of nitrogens with zero attached hydrogens (tertiary/aromatic N) is 1. The first-order chi connectivity index (χ1) is 14.2. The van der Waals surface area contributed by atoms with Crippen molar-refractivity contribution in [2.24, 2.45) is 17.8 Å². The Labute approximate surface area is 178 Å². The Balaban J connectivity index is 2.01. The van der Waals surface area contributed by atoms with Crippen LogP contribution in [0, 0.1) is 23.6 Å². The zero-order chi connectivity index (χ0) is 22.3. The van der Waals surface area contributed by atoms with Gasteiger partial charge in [0.05, 0.1) is 0 Å². The molecule has 0 aliphatic carbocycles. The molecule has 2 rings (SSSR count). The van der Waals surface area contributed by atoms with Crippen molar-refractivity contribution in [1.29, 1.82) is 0 Å². The third kappa shape index (κ3) is 7.11. The fourth-order valence-electron chi connectivity index (χ4n) is 3.63. The summed E-state index contributed by atoms with van der Waals surface area (Å²) in [5.74, 6) is -0.319. The van der Waals surface area contributed by atoms with Crippen LogP contribution in [-0.4, -0.2) is 48.3 Å². The first-order valence-electron chi connectivity index (χ1n) is 10.8. The van der Waals surface area contributed by atoms with Gasteiger partial charge in [-0.15, -0.1) is 0 Å². The maximum atomic E-state index is 13.1. The highest BCUT2D eigenvalue weighted by Gasteiger charge is 2.34. The molecule has 0 aromatic heterocycles. The summed E-state index contributed by atoms with van der Waals surface area (Å²) in [6.07, 6.45) is 1.61. The summed E-state index contributed by atoms with van der Waals surface area (Å²) in [6, 6.07) is 4.92. The van der Waals surface area contributed by atoms with Crippen LogP contribution in [0.2, 0.25) is 0 Å². The third-order valence-electron chi connectivity index (χ3n) is 5.27. The predicted octanol–water partition coefficient (Wildman–Crippen LogP) is 2.98. The number of carbonyl (C=O) groups excluding carboxylic acids is 3. The van der Waals surface area contributed by atoms with Crippen molar-refractivity contribution < 1.29 is 18.8 Å². The second kappa shape index (κ2) is 11.1. The monoisotopic (exact) mass is 419 g/mol. The van der Waals surface area contributed by atoms with E-state index >= 15 is 0 Å². The summed E-state index contributed by atoms with van der Waals surface area (Å²) in [5.41, 5.74) is 0.450. The lowest BCUT2D eigenvalue weighted by Gasteiger charge is -2.36. The third-order valence-corrected chi connectivity index (χ3v) is 5.27. The lowest BCUT2D eigenvalue weighted by Crippen LogP contribution is -2.54. The number of halogens is 1. The maximum absolute atomic E-state index is 13.1. The van der Waals surface area contributed by atoms with E-state index in [0.717, 1.165) is 0 Å². The molecule has 2 N–H and O–H groups in total. The van der Waals surface area contributed by atoms with Crippen LogP contribution in [0.4, 0.5) is 4.39 Å². The Bertz CT molecular complexity index is 726. The molecule has 1 fully saturated rings. The van der Waals surface area contributed by atoms with Gasteiger partial charge in [0.25, 0.3) is 5.91 Å². The standard InChI is InChI=1S/C23H34FN3O3/c1-15(2)13-20(28)26-21(22(29)25-14-16(3)4)17-9-11-27(12-10-17)23(30)18-5-7-19(24)8-6-18/h5-8,15-17,21H,9-14H2,1-4H3,(H,25,29)(H,26,28). The van der Waals surface area contributed by atoms with E-state index < -0.39 is 6.04 Å². The summed E-state index contributed by atoms with van der Waals surface area (Å²) >= 11 is 0. The number of piperidine rings is 1. The number of rotatable bonds is 8. The van der Waals surface area contributed by atoms with Gasteiger partial charge >= 0.3 is 0 Å². The molecule has 0 bridgehead atoms. The molecular formula is C23H34FN3O3. The molecule has 1 unspecified atom stereocenters.